The number of H-pyrrole nitrogens is 1. The molecule has 1 aromatic heterocycles. The smallest absolute Gasteiger partial charge is 0.220 e. The largest absolute Gasteiger partial charge is 0.392 e. The number of aromatic nitrogens is 2. The third-order valence-corrected chi connectivity index (χ3v) is 4.06. The summed E-state index contributed by atoms with van der Waals surface area (Å²) in [6.45, 7) is 12.3. The number of nitrogens with zero attached hydrogens (tertiary/aromatic N) is 1. The fraction of sp³-hybridized carbons (Fsp3) is 0.750. The molecule has 0 aliphatic heterocycles. The van der Waals surface area contributed by atoms with Crippen molar-refractivity contribution >= 4 is 5.91 Å². The number of hydrogen-bond acceptors (Lipinski definition) is 3. The zero-order chi connectivity index (χ0) is 16.2. The van der Waals surface area contributed by atoms with Gasteiger partial charge in [-0.05, 0) is 31.7 Å². The molecule has 0 bridgehead atoms. The molecule has 0 radical (unpaired) electrons. The minimum absolute atomic E-state index is 0.0130. The highest BCUT2D eigenvalue weighted by molar-refractivity contribution is 5.76. The first-order valence-corrected chi connectivity index (χ1v) is 7.60. The molecule has 21 heavy (non-hydrogen) atoms. The Balaban J connectivity index is 2.45. The molecule has 1 amide bonds. The van der Waals surface area contributed by atoms with Crippen LogP contribution in [0.4, 0.5) is 0 Å². The highest BCUT2D eigenvalue weighted by atomic mass is 16.3. The van der Waals surface area contributed by atoms with Gasteiger partial charge >= 0.3 is 0 Å². The fourth-order valence-electron chi connectivity index (χ4n) is 2.60. The average Bonchev–Trinajstić information content (AvgIpc) is 2.72. The Morgan fingerprint density at radius 3 is 2.48 bits per heavy atom. The quantitative estimate of drug-likeness (QED) is 0.721. The van der Waals surface area contributed by atoms with Gasteiger partial charge in [-0.1, -0.05) is 27.7 Å². The van der Waals surface area contributed by atoms with Crippen LogP contribution in [-0.4, -0.2) is 33.9 Å². The average molecular weight is 295 g/mol. The van der Waals surface area contributed by atoms with Crippen LogP contribution < -0.4 is 5.32 Å². The van der Waals surface area contributed by atoms with E-state index >= 15 is 0 Å². The maximum Gasteiger partial charge on any atom is 0.220 e. The Morgan fingerprint density at radius 2 is 2.00 bits per heavy atom. The molecule has 0 spiro atoms. The summed E-state index contributed by atoms with van der Waals surface area (Å²) < 4.78 is 0. The minimum Gasteiger partial charge on any atom is -0.392 e. The van der Waals surface area contributed by atoms with Crippen molar-refractivity contribution in [1.82, 2.24) is 15.5 Å². The predicted molar refractivity (Wildman–Crippen MR) is 84.0 cm³/mol. The number of hydrogen-bond donors (Lipinski definition) is 3. The molecule has 5 heteroatoms. The van der Waals surface area contributed by atoms with Crippen LogP contribution in [0.3, 0.4) is 0 Å². The van der Waals surface area contributed by atoms with E-state index in [0.29, 0.717) is 19.4 Å². The molecule has 5 nitrogen and oxygen atoms in total. The van der Waals surface area contributed by atoms with Gasteiger partial charge in [-0.2, -0.15) is 5.10 Å². The van der Waals surface area contributed by atoms with Gasteiger partial charge in [0.1, 0.15) is 0 Å². The van der Waals surface area contributed by atoms with Crippen molar-refractivity contribution in [2.45, 2.75) is 60.5 Å². The molecular weight excluding hydrogens is 266 g/mol. The van der Waals surface area contributed by atoms with Crippen LogP contribution in [0.5, 0.6) is 0 Å². The molecular formula is C16H29N3O2. The van der Waals surface area contributed by atoms with Crippen molar-refractivity contribution in [2.75, 3.05) is 6.54 Å². The molecule has 0 fully saturated rings. The van der Waals surface area contributed by atoms with Crippen LogP contribution in [0.2, 0.25) is 0 Å². The Morgan fingerprint density at radius 1 is 1.38 bits per heavy atom. The Kier molecular flexibility index (Phi) is 5.96. The van der Waals surface area contributed by atoms with E-state index in [2.05, 4.69) is 15.5 Å². The summed E-state index contributed by atoms with van der Waals surface area (Å²) >= 11 is 0. The summed E-state index contributed by atoms with van der Waals surface area (Å²) in [5, 5.41) is 20.1. The van der Waals surface area contributed by atoms with E-state index in [1.54, 1.807) is 0 Å². The topological polar surface area (TPSA) is 78.0 Å². The zero-order valence-corrected chi connectivity index (χ0v) is 14.1. The van der Waals surface area contributed by atoms with Gasteiger partial charge in [-0.3, -0.25) is 9.89 Å². The summed E-state index contributed by atoms with van der Waals surface area (Å²) in [5.74, 6) is 0.187. The first kappa shape index (κ1) is 17.7. The van der Waals surface area contributed by atoms with E-state index in [0.717, 1.165) is 17.0 Å². The van der Waals surface area contributed by atoms with Crippen LogP contribution in [-0.2, 0) is 11.2 Å². The van der Waals surface area contributed by atoms with Crippen LogP contribution >= 0.6 is 0 Å². The number of rotatable bonds is 7. The standard InChI is InChI=1S/C16H29N3O2/c1-10(2)15(21)16(5,6)9-17-14(20)8-7-13-11(3)18-19-12(13)4/h10,15,21H,7-9H2,1-6H3,(H,17,20)(H,18,19). The molecule has 3 N–H and O–H groups in total. The van der Waals surface area contributed by atoms with Gasteiger partial charge in [-0.15, -0.1) is 0 Å². The Labute approximate surface area is 127 Å². The number of aliphatic hydroxyl groups is 1. The molecule has 1 heterocycles. The van der Waals surface area contributed by atoms with Crippen molar-refractivity contribution in [2.24, 2.45) is 11.3 Å². The Bertz CT molecular complexity index is 458. The van der Waals surface area contributed by atoms with Gasteiger partial charge in [-0.25, -0.2) is 0 Å². The van der Waals surface area contributed by atoms with Crippen LogP contribution in [0, 0.1) is 25.2 Å². The number of nitrogens with one attached hydrogen (secondary N) is 2. The normalized spacial score (nSPS) is 13.5. The second kappa shape index (κ2) is 7.07. The van der Waals surface area contributed by atoms with Crippen LogP contribution in [0.15, 0.2) is 0 Å². The maximum atomic E-state index is 12.0. The lowest BCUT2D eigenvalue weighted by Crippen LogP contribution is -2.43. The van der Waals surface area contributed by atoms with Gasteiger partial charge in [0.2, 0.25) is 5.91 Å². The second-order valence-electron chi connectivity index (χ2n) is 6.87. The molecule has 0 saturated heterocycles. The van der Waals surface area contributed by atoms with E-state index < -0.39 is 6.10 Å². The lowest BCUT2D eigenvalue weighted by molar-refractivity contribution is -0.122. The van der Waals surface area contributed by atoms with Gasteiger partial charge < -0.3 is 10.4 Å². The number of aliphatic hydroxyl groups excluding tert-OH is 1. The first-order valence-electron chi connectivity index (χ1n) is 7.60. The summed E-state index contributed by atoms with van der Waals surface area (Å²) in [6, 6.07) is 0. The molecule has 0 aromatic carbocycles. The molecule has 1 unspecified atom stereocenters. The van der Waals surface area contributed by atoms with E-state index in [4.69, 9.17) is 0 Å². The van der Waals surface area contributed by atoms with Crippen LogP contribution in [0.25, 0.3) is 0 Å². The van der Waals surface area contributed by atoms with Crippen LogP contribution in [0.1, 0.15) is 51.1 Å². The molecule has 0 saturated carbocycles. The minimum atomic E-state index is -0.434. The van der Waals surface area contributed by atoms with E-state index in [-0.39, 0.29) is 17.2 Å². The summed E-state index contributed by atoms with van der Waals surface area (Å²) in [5.41, 5.74) is 2.77. The third-order valence-electron chi connectivity index (χ3n) is 4.06. The molecule has 120 valence electrons. The van der Waals surface area contributed by atoms with Crippen molar-refractivity contribution in [1.29, 1.82) is 0 Å². The van der Waals surface area contributed by atoms with Gasteiger partial charge in [0.05, 0.1) is 11.8 Å². The third kappa shape index (κ3) is 4.84. The number of carbonyl (C=O) groups is 1. The summed E-state index contributed by atoms with van der Waals surface area (Å²) in [4.78, 5) is 12.0. The summed E-state index contributed by atoms with van der Waals surface area (Å²) in [6.07, 6.45) is 0.693. The van der Waals surface area contributed by atoms with Crippen molar-refractivity contribution in [3.63, 3.8) is 0 Å². The number of aromatic amines is 1. The zero-order valence-electron chi connectivity index (χ0n) is 14.1. The number of amides is 1. The fourth-order valence-corrected chi connectivity index (χ4v) is 2.60. The predicted octanol–water partition coefficient (Wildman–Crippen LogP) is 2.12. The van der Waals surface area contributed by atoms with Crippen molar-refractivity contribution in [3.05, 3.63) is 17.0 Å². The van der Waals surface area contributed by atoms with Crippen molar-refractivity contribution in [3.8, 4) is 0 Å². The molecule has 1 aromatic rings. The first-order chi connectivity index (χ1) is 9.65. The van der Waals surface area contributed by atoms with E-state index in [9.17, 15) is 9.90 Å². The number of aryl methyl sites for hydroxylation is 2. The molecule has 1 rings (SSSR count). The molecule has 0 aliphatic carbocycles. The van der Waals surface area contributed by atoms with Crippen molar-refractivity contribution < 1.29 is 9.90 Å². The highest BCUT2D eigenvalue weighted by Gasteiger charge is 2.30. The van der Waals surface area contributed by atoms with Gasteiger partial charge in [0.15, 0.2) is 0 Å². The lowest BCUT2D eigenvalue weighted by atomic mass is 9.80. The Hall–Kier alpha value is -1.36. The second-order valence-corrected chi connectivity index (χ2v) is 6.87. The monoisotopic (exact) mass is 295 g/mol. The van der Waals surface area contributed by atoms with E-state index in [1.807, 2.05) is 41.5 Å². The van der Waals surface area contributed by atoms with Gasteiger partial charge in [0, 0.05) is 24.1 Å². The molecule has 0 aliphatic rings. The van der Waals surface area contributed by atoms with Gasteiger partial charge in [0.25, 0.3) is 0 Å². The van der Waals surface area contributed by atoms with E-state index in [1.165, 1.54) is 0 Å². The molecule has 1 atom stereocenters. The summed E-state index contributed by atoms with van der Waals surface area (Å²) in [7, 11) is 0. The lowest BCUT2D eigenvalue weighted by Gasteiger charge is -2.33. The maximum absolute atomic E-state index is 12.0. The number of carbonyl (C=O) groups excluding carboxylic acids is 1. The SMILES string of the molecule is Cc1n[nH]c(C)c1CCC(=O)NCC(C)(C)C(O)C(C)C. The highest BCUT2D eigenvalue weighted by Crippen LogP contribution is 2.25.